The molecule has 3 nitrogen and oxygen atoms in total. The van der Waals surface area contributed by atoms with E-state index < -0.39 is 0 Å². The second kappa shape index (κ2) is 8.45. The molecule has 4 heteroatoms. The first kappa shape index (κ1) is 15.5. The molecule has 0 fully saturated rings. The summed E-state index contributed by atoms with van der Waals surface area (Å²) in [5.74, 6) is -0.245. The van der Waals surface area contributed by atoms with E-state index in [-0.39, 0.29) is 12.5 Å². The zero-order valence-corrected chi connectivity index (χ0v) is 12.5. The standard InChI is InChI=1S/C17H18ClNO2/c18-16-8-4-7-14(11-16)9-10-19-12-17(20)21-13-15-5-2-1-3-6-15/h1-8,11,19H,9-10,12-13H2. The lowest BCUT2D eigenvalue weighted by Crippen LogP contribution is -2.26. The molecule has 110 valence electrons. The van der Waals surface area contributed by atoms with Gasteiger partial charge >= 0.3 is 5.97 Å². The van der Waals surface area contributed by atoms with Crippen LogP contribution in [0.5, 0.6) is 0 Å². The summed E-state index contributed by atoms with van der Waals surface area (Å²) in [7, 11) is 0. The molecule has 0 amide bonds. The van der Waals surface area contributed by atoms with E-state index in [4.69, 9.17) is 16.3 Å². The van der Waals surface area contributed by atoms with Crippen LogP contribution in [0.3, 0.4) is 0 Å². The molecular weight excluding hydrogens is 286 g/mol. The van der Waals surface area contributed by atoms with Gasteiger partial charge in [-0.25, -0.2) is 0 Å². The Kier molecular flexibility index (Phi) is 6.25. The molecule has 0 aromatic heterocycles. The lowest BCUT2D eigenvalue weighted by atomic mass is 10.1. The van der Waals surface area contributed by atoms with Crippen LogP contribution in [0, 0.1) is 0 Å². The Labute approximate surface area is 129 Å². The highest BCUT2D eigenvalue weighted by atomic mass is 35.5. The first-order valence-corrected chi connectivity index (χ1v) is 7.26. The number of hydrogen-bond donors (Lipinski definition) is 1. The van der Waals surface area contributed by atoms with Gasteiger partial charge in [0.25, 0.3) is 0 Å². The Hall–Kier alpha value is -1.84. The molecular formula is C17H18ClNO2. The van der Waals surface area contributed by atoms with Crippen LogP contribution in [-0.4, -0.2) is 19.1 Å². The van der Waals surface area contributed by atoms with Gasteiger partial charge in [0.05, 0.1) is 6.54 Å². The minimum Gasteiger partial charge on any atom is -0.460 e. The number of esters is 1. The summed E-state index contributed by atoms with van der Waals surface area (Å²) < 4.78 is 5.18. The fourth-order valence-corrected chi connectivity index (χ4v) is 2.12. The monoisotopic (exact) mass is 303 g/mol. The van der Waals surface area contributed by atoms with Gasteiger partial charge in [-0.15, -0.1) is 0 Å². The van der Waals surface area contributed by atoms with E-state index >= 15 is 0 Å². The molecule has 0 bridgehead atoms. The van der Waals surface area contributed by atoms with E-state index in [1.54, 1.807) is 0 Å². The van der Waals surface area contributed by atoms with Gasteiger partial charge in [-0.3, -0.25) is 4.79 Å². The fourth-order valence-electron chi connectivity index (χ4n) is 1.90. The van der Waals surface area contributed by atoms with Crippen molar-refractivity contribution < 1.29 is 9.53 Å². The van der Waals surface area contributed by atoms with Crippen molar-refractivity contribution in [1.82, 2.24) is 5.32 Å². The van der Waals surface area contributed by atoms with Crippen LogP contribution in [0.1, 0.15) is 11.1 Å². The highest BCUT2D eigenvalue weighted by molar-refractivity contribution is 6.30. The van der Waals surface area contributed by atoms with Crippen LogP contribution in [-0.2, 0) is 22.6 Å². The third-order valence-corrected chi connectivity index (χ3v) is 3.23. The van der Waals surface area contributed by atoms with Crippen molar-refractivity contribution >= 4 is 17.6 Å². The van der Waals surface area contributed by atoms with Gasteiger partial charge in [0.2, 0.25) is 0 Å². The molecule has 0 spiro atoms. The van der Waals surface area contributed by atoms with Crippen LogP contribution in [0.2, 0.25) is 5.02 Å². The van der Waals surface area contributed by atoms with E-state index in [2.05, 4.69) is 5.32 Å². The number of rotatable bonds is 7. The zero-order chi connectivity index (χ0) is 14.9. The van der Waals surface area contributed by atoms with Crippen LogP contribution in [0.25, 0.3) is 0 Å². The quantitative estimate of drug-likeness (QED) is 0.630. The summed E-state index contributed by atoms with van der Waals surface area (Å²) in [6, 6.07) is 17.4. The van der Waals surface area contributed by atoms with Gasteiger partial charge in [-0.1, -0.05) is 54.1 Å². The maximum atomic E-state index is 11.6. The second-order valence-corrected chi connectivity index (χ2v) is 5.14. The molecule has 0 atom stereocenters. The molecule has 0 aliphatic carbocycles. The van der Waals surface area contributed by atoms with E-state index in [1.165, 1.54) is 0 Å². The third kappa shape index (κ3) is 5.98. The van der Waals surface area contributed by atoms with Gasteiger partial charge in [-0.2, -0.15) is 0 Å². The van der Waals surface area contributed by atoms with Crippen LogP contribution in [0.4, 0.5) is 0 Å². The van der Waals surface area contributed by atoms with Gasteiger partial charge in [0.1, 0.15) is 6.61 Å². The van der Waals surface area contributed by atoms with Crippen molar-refractivity contribution in [3.8, 4) is 0 Å². The van der Waals surface area contributed by atoms with E-state index in [0.29, 0.717) is 13.2 Å². The minimum absolute atomic E-state index is 0.216. The van der Waals surface area contributed by atoms with Crippen molar-refractivity contribution in [2.75, 3.05) is 13.1 Å². The van der Waals surface area contributed by atoms with Crippen molar-refractivity contribution in [3.63, 3.8) is 0 Å². The SMILES string of the molecule is O=C(CNCCc1cccc(Cl)c1)OCc1ccccc1. The minimum atomic E-state index is -0.245. The Morgan fingerprint density at radius 1 is 1.05 bits per heavy atom. The molecule has 0 aliphatic rings. The first-order valence-electron chi connectivity index (χ1n) is 6.89. The molecule has 0 saturated heterocycles. The van der Waals surface area contributed by atoms with Crippen molar-refractivity contribution in [3.05, 3.63) is 70.7 Å². The van der Waals surface area contributed by atoms with Gasteiger partial charge in [0, 0.05) is 5.02 Å². The van der Waals surface area contributed by atoms with Gasteiger partial charge in [0.15, 0.2) is 0 Å². The number of halogens is 1. The Balaban J connectivity index is 1.61. The molecule has 2 aromatic carbocycles. The number of ether oxygens (including phenoxy) is 1. The predicted octanol–water partition coefficient (Wildman–Crippen LogP) is 3.22. The van der Waals surface area contributed by atoms with Crippen molar-refractivity contribution in [2.24, 2.45) is 0 Å². The maximum Gasteiger partial charge on any atom is 0.320 e. The summed E-state index contributed by atoms with van der Waals surface area (Å²) in [5, 5.41) is 3.80. The topological polar surface area (TPSA) is 38.3 Å². The highest BCUT2D eigenvalue weighted by Gasteiger charge is 2.02. The second-order valence-electron chi connectivity index (χ2n) is 4.70. The number of nitrogens with one attached hydrogen (secondary N) is 1. The first-order chi connectivity index (χ1) is 10.2. The van der Waals surface area contributed by atoms with E-state index in [1.807, 2.05) is 54.6 Å². The molecule has 0 saturated carbocycles. The average molecular weight is 304 g/mol. The summed E-state index contributed by atoms with van der Waals surface area (Å²) in [4.78, 5) is 11.6. The third-order valence-electron chi connectivity index (χ3n) is 2.99. The average Bonchev–Trinajstić information content (AvgIpc) is 2.51. The van der Waals surface area contributed by atoms with E-state index in [0.717, 1.165) is 22.6 Å². The largest absolute Gasteiger partial charge is 0.460 e. The van der Waals surface area contributed by atoms with Crippen LogP contribution in [0.15, 0.2) is 54.6 Å². The highest BCUT2D eigenvalue weighted by Crippen LogP contribution is 2.10. The van der Waals surface area contributed by atoms with Crippen LogP contribution >= 0.6 is 11.6 Å². The molecule has 2 rings (SSSR count). The number of carbonyl (C=O) groups is 1. The number of benzene rings is 2. The number of hydrogen-bond acceptors (Lipinski definition) is 3. The summed E-state index contributed by atoms with van der Waals surface area (Å²) in [6.45, 7) is 1.24. The molecule has 2 aromatic rings. The lowest BCUT2D eigenvalue weighted by molar-refractivity contribution is -0.143. The molecule has 21 heavy (non-hydrogen) atoms. The molecule has 0 unspecified atom stereocenters. The van der Waals surface area contributed by atoms with E-state index in [9.17, 15) is 4.79 Å². The Bertz CT molecular complexity index is 572. The van der Waals surface area contributed by atoms with Crippen molar-refractivity contribution in [1.29, 1.82) is 0 Å². The molecule has 0 radical (unpaired) electrons. The summed E-state index contributed by atoms with van der Waals surface area (Å²) in [6.07, 6.45) is 0.826. The number of carbonyl (C=O) groups excluding carboxylic acids is 1. The fraction of sp³-hybridized carbons (Fsp3) is 0.235. The zero-order valence-electron chi connectivity index (χ0n) is 11.7. The summed E-state index contributed by atoms with van der Waals surface area (Å²) >= 11 is 5.91. The molecule has 0 heterocycles. The summed E-state index contributed by atoms with van der Waals surface area (Å²) in [5.41, 5.74) is 2.14. The van der Waals surface area contributed by atoms with Crippen LogP contribution < -0.4 is 5.32 Å². The predicted molar refractivity (Wildman–Crippen MR) is 84.3 cm³/mol. The smallest absolute Gasteiger partial charge is 0.320 e. The molecule has 1 N–H and O–H groups in total. The van der Waals surface area contributed by atoms with Gasteiger partial charge < -0.3 is 10.1 Å². The van der Waals surface area contributed by atoms with Gasteiger partial charge in [-0.05, 0) is 36.2 Å². The normalized spacial score (nSPS) is 10.3. The van der Waals surface area contributed by atoms with Crippen molar-refractivity contribution in [2.45, 2.75) is 13.0 Å². The lowest BCUT2D eigenvalue weighted by Gasteiger charge is -2.07. The molecule has 0 aliphatic heterocycles. The maximum absolute atomic E-state index is 11.6. The Morgan fingerprint density at radius 3 is 2.57 bits per heavy atom. The Morgan fingerprint density at radius 2 is 1.81 bits per heavy atom.